The van der Waals surface area contributed by atoms with E-state index in [4.69, 9.17) is 5.26 Å². The lowest BCUT2D eigenvalue weighted by Gasteiger charge is -1.96. The molecule has 0 aromatic heterocycles. The summed E-state index contributed by atoms with van der Waals surface area (Å²) >= 11 is 0. The molecule has 1 aromatic carbocycles. The smallest absolute Gasteiger partial charge is 0.0918 e. The number of hydrogen-bond acceptors (Lipinski definition) is 2. The molecule has 2 nitrogen and oxygen atoms in total. The number of rotatable bonds is 2. The van der Waals surface area contributed by atoms with Crippen molar-refractivity contribution in [2.24, 2.45) is 0 Å². The maximum atomic E-state index is 11.4. The maximum absolute atomic E-state index is 11.4. The molecule has 0 bridgehead atoms. The Morgan fingerprint density at radius 2 is 2.00 bits per heavy atom. The lowest BCUT2D eigenvalue weighted by Crippen LogP contribution is -1.85. The van der Waals surface area contributed by atoms with Gasteiger partial charge in [0.05, 0.1) is 16.9 Å². The third-order valence-corrected chi connectivity index (χ3v) is 2.64. The molecule has 0 amide bonds. The molecule has 0 aliphatic rings. The highest BCUT2D eigenvalue weighted by molar-refractivity contribution is 7.88. The minimum atomic E-state index is -1.19. The molecule has 0 N–H and O–H groups in total. The Morgan fingerprint density at radius 1 is 1.38 bits per heavy atom. The predicted octanol–water partition coefficient (Wildman–Crippen LogP) is 2.14. The molecule has 0 fully saturated rings. The van der Waals surface area contributed by atoms with Crippen LogP contribution >= 0.6 is 0 Å². The van der Waals surface area contributed by atoms with Crippen LogP contribution in [0.3, 0.4) is 0 Å². The first kappa shape index (κ1) is 9.69. The average Bonchev–Trinajstić information content (AvgIpc) is 2.15. The van der Waals surface area contributed by atoms with Crippen molar-refractivity contribution in [3.8, 4) is 6.07 Å². The van der Waals surface area contributed by atoms with Crippen LogP contribution in [0.25, 0.3) is 0 Å². The maximum Gasteiger partial charge on any atom is 0.0918 e. The van der Waals surface area contributed by atoms with E-state index in [-0.39, 0.29) is 0 Å². The second kappa shape index (κ2) is 4.58. The lowest BCUT2D eigenvalue weighted by molar-refractivity contribution is 0.688. The van der Waals surface area contributed by atoms with Crippen molar-refractivity contribution in [3.63, 3.8) is 0 Å². The molecule has 3 heteroatoms. The lowest BCUT2D eigenvalue weighted by atomic mass is 10.2. The first-order chi connectivity index (χ1) is 6.24. The first-order valence-corrected chi connectivity index (χ1v) is 4.99. The van der Waals surface area contributed by atoms with Crippen LogP contribution < -0.4 is 0 Å². The van der Waals surface area contributed by atoms with E-state index < -0.39 is 10.8 Å². The molecule has 0 aliphatic heterocycles. The minimum Gasteiger partial charge on any atom is -0.250 e. The minimum absolute atomic E-state index is 0.720. The fourth-order valence-corrected chi connectivity index (χ4v) is 1.59. The van der Waals surface area contributed by atoms with Crippen molar-refractivity contribution >= 4 is 10.8 Å². The summed E-state index contributed by atoms with van der Waals surface area (Å²) in [4.78, 5) is 0.720. The standard InChI is InChI=1S/C10H9NOS/c1-9-3-5-10(6-4-9)13(12)8-2-7-11/h2-6,8H,1H3/b8-2-/t13-/m1/s1. The zero-order chi connectivity index (χ0) is 9.68. The molecule has 0 saturated carbocycles. The van der Waals surface area contributed by atoms with Gasteiger partial charge in [-0.1, -0.05) is 17.7 Å². The Kier molecular flexibility index (Phi) is 3.41. The van der Waals surface area contributed by atoms with Crippen molar-refractivity contribution < 1.29 is 4.21 Å². The van der Waals surface area contributed by atoms with Crippen LogP contribution in [0, 0.1) is 18.3 Å². The van der Waals surface area contributed by atoms with Crippen molar-refractivity contribution in [3.05, 3.63) is 41.3 Å². The molecule has 0 radical (unpaired) electrons. The number of benzene rings is 1. The number of nitrogens with zero attached hydrogens (tertiary/aromatic N) is 1. The molecule has 0 saturated heterocycles. The van der Waals surface area contributed by atoms with Crippen LogP contribution in [0.2, 0.25) is 0 Å². The van der Waals surface area contributed by atoms with Crippen LogP contribution in [-0.4, -0.2) is 4.21 Å². The van der Waals surface area contributed by atoms with E-state index in [1.807, 2.05) is 19.1 Å². The van der Waals surface area contributed by atoms with Gasteiger partial charge in [0, 0.05) is 16.4 Å². The molecule has 0 unspecified atom stereocenters. The zero-order valence-corrected chi connectivity index (χ0v) is 8.04. The van der Waals surface area contributed by atoms with E-state index >= 15 is 0 Å². The van der Waals surface area contributed by atoms with Crippen molar-refractivity contribution in [2.75, 3.05) is 0 Å². The van der Waals surface area contributed by atoms with E-state index in [9.17, 15) is 4.21 Å². The molecule has 0 spiro atoms. The molecular weight excluding hydrogens is 182 g/mol. The van der Waals surface area contributed by atoms with Gasteiger partial charge in [0.25, 0.3) is 0 Å². The van der Waals surface area contributed by atoms with Gasteiger partial charge in [-0.15, -0.1) is 0 Å². The second-order valence-electron chi connectivity index (χ2n) is 2.54. The summed E-state index contributed by atoms with van der Waals surface area (Å²) in [6.07, 6.45) is 1.23. The summed E-state index contributed by atoms with van der Waals surface area (Å²) < 4.78 is 11.4. The summed E-state index contributed by atoms with van der Waals surface area (Å²) in [5.41, 5.74) is 1.13. The van der Waals surface area contributed by atoms with Gasteiger partial charge in [-0.2, -0.15) is 5.26 Å². The third kappa shape index (κ3) is 2.85. The largest absolute Gasteiger partial charge is 0.250 e. The van der Waals surface area contributed by atoms with Gasteiger partial charge in [0.1, 0.15) is 0 Å². The van der Waals surface area contributed by atoms with E-state index in [0.29, 0.717) is 0 Å². The van der Waals surface area contributed by atoms with Crippen LogP contribution in [-0.2, 0) is 10.8 Å². The van der Waals surface area contributed by atoms with E-state index in [1.54, 1.807) is 18.2 Å². The third-order valence-electron chi connectivity index (χ3n) is 1.52. The van der Waals surface area contributed by atoms with E-state index in [1.165, 1.54) is 11.5 Å². The Morgan fingerprint density at radius 3 is 2.54 bits per heavy atom. The summed E-state index contributed by atoms with van der Waals surface area (Å²) in [6, 6.07) is 9.20. The summed E-state index contributed by atoms with van der Waals surface area (Å²) in [5.74, 6) is 0. The quantitative estimate of drug-likeness (QED) is 0.672. The topological polar surface area (TPSA) is 40.9 Å². The Bertz CT molecular complexity index is 373. The van der Waals surface area contributed by atoms with Gasteiger partial charge in [0.2, 0.25) is 0 Å². The molecule has 13 heavy (non-hydrogen) atoms. The van der Waals surface area contributed by atoms with Crippen molar-refractivity contribution in [1.29, 1.82) is 5.26 Å². The normalized spacial score (nSPS) is 12.6. The van der Waals surface area contributed by atoms with Crippen LogP contribution in [0.15, 0.2) is 40.6 Å². The molecular formula is C10H9NOS. The molecule has 0 aliphatic carbocycles. The van der Waals surface area contributed by atoms with Gasteiger partial charge in [-0.05, 0) is 19.1 Å². The predicted molar refractivity (Wildman–Crippen MR) is 52.3 cm³/mol. The summed E-state index contributed by atoms with van der Waals surface area (Å²) in [6.45, 7) is 1.97. The summed E-state index contributed by atoms with van der Waals surface area (Å²) in [7, 11) is -1.19. The summed E-state index contributed by atoms with van der Waals surface area (Å²) in [5, 5.41) is 9.61. The fraction of sp³-hybridized carbons (Fsp3) is 0.100. The highest BCUT2D eigenvalue weighted by atomic mass is 32.2. The number of aryl methyl sites for hydroxylation is 1. The van der Waals surface area contributed by atoms with Gasteiger partial charge in [-0.3, -0.25) is 0 Å². The van der Waals surface area contributed by atoms with E-state index in [2.05, 4.69) is 0 Å². The second-order valence-corrected chi connectivity index (χ2v) is 3.88. The molecule has 1 atom stereocenters. The zero-order valence-electron chi connectivity index (χ0n) is 7.23. The molecule has 0 heterocycles. The Hall–Kier alpha value is -1.40. The number of hydrogen-bond donors (Lipinski definition) is 0. The highest BCUT2D eigenvalue weighted by Gasteiger charge is 1.97. The van der Waals surface area contributed by atoms with Crippen LogP contribution in [0.1, 0.15) is 5.56 Å². The Labute approximate surface area is 80.0 Å². The highest BCUT2D eigenvalue weighted by Crippen LogP contribution is 2.08. The van der Waals surface area contributed by atoms with Crippen molar-refractivity contribution in [2.45, 2.75) is 11.8 Å². The van der Waals surface area contributed by atoms with Crippen molar-refractivity contribution in [1.82, 2.24) is 0 Å². The van der Waals surface area contributed by atoms with Crippen LogP contribution in [0.5, 0.6) is 0 Å². The van der Waals surface area contributed by atoms with Gasteiger partial charge in [0.15, 0.2) is 0 Å². The fourth-order valence-electron chi connectivity index (χ4n) is 0.843. The molecule has 1 aromatic rings. The van der Waals surface area contributed by atoms with Gasteiger partial charge < -0.3 is 0 Å². The monoisotopic (exact) mass is 191 g/mol. The average molecular weight is 191 g/mol. The first-order valence-electron chi connectivity index (χ1n) is 3.77. The van der Waals surface area contributed by atoms with Gasteiger partial charge in [-0.25, -0.2) is 4.21 Å². The molecule has 1 rings (SSSR count). The van der Waals surface area contributed by atoms with Crippen LogP contribution in [0.4, 0.5) is 0 Å². The number of nitriles is 1. The van der Waals surface area contributed by atoms with E-state index in [0.717, 1.165) is 10.5 Å². The Balaban J connectivity index is 2.85. The SMILES string of the molecule is Cc1ccc([S@](=O)/C=C\C#N)cc1. The molecule has 66 valence electrons. The number of allylic oxidation sites excluding steroid dienone is 1. The van der Waals surface area contributed by atoms with Gasteiger partial charge >= 0.3 is 0 Å².